The average Bonchev–Trinajstić information content (AvgIpc) is 2.60. The van der Waals surface area contributed by atoms with Crippen LogP contribution >= 0.6 is 11.6 Å². The summed E-state index contributed by atoms with van der Waals surface area (Å²) < 4.78 is 45.4. The van der Waals surface area contributed by atoms with Crippen molar-refractivity contribution < 1.29 is 46.7 Å². The number of ether oxygens (including phenoxy) is 1. The molecule has 2 rings (SSSR count). The van der Waals surface area contributed by atoms with E-state index in [1.807, 2.05) is 0 Å². The normalized spacial score (nSPS) is 22.7. The van der Waals surface area contributed by atoms with Crippen LogP contribution in [-0.4, -0.2) is 24.3 Å². The molecule has 0 amide bonds. The Labute approximate surface area is 185 Å². The number of nitrogens with zero attached hydrogens (tertiary/aromatic N) is 1. The van der Waals surface area contributed by atoms with E-state index in [1.165, 1.54) is 19.1 Å². The zero-order valence-electron chi connectivity index (χ0n) is 16.7. The van der Waals surface area contributed by atoms with Crippen LogP contribution in [0, 0.1) is 18.3 Å². The van der Waals surface area contributed by atoms with Crippen molar-refractivity contribution in [2.24, 2.45) is 11.8 Å². The van der Waals surface area contributed by atoms with Gasteiger partial charge in [0, 0.05) is 12.0 Å². The third kappa shape index (κ3) is 5.91. The zero-order chi connectivity index (χ0) is 21.1. The van der Waals surface area contributed by atoms with Gasteiger partial charge in [0.05, 0.1) is 11.5 Å². The SMILES string of the molecule is C[CH-]/C=C(\[N-]C)C1CC=C(O)C(C2=CC=C(Cl)C(C(F)(F)F)C2)=C1OC(C)=O.[Li+]. The molecule has 0 aromatic rings. The Hall–Kier alpha value is -1.68. The van der Waals surface area contributed by atoms with Gasteiger partial charge in [-0.2, -0.15) is 20.2 Å². The predicted octanol–water partition coefficient (Wildman–Crippen LogP) is 3.01. The molecule has 0 spiro atoms. The largest absolute Gasteiger partial charge is 1.00 e. The molecule has 154 valence electrons. The first-order chi connectivity index (χ1) is 13.1. The third-order valence-electron chi connectivity index (χ3n) is 4.49. The van der Waals surface area contributed by atoms with Gasteiger partial charge in [0.1, 0.15) is 11.5 Å². The molecular weight excluding hydrogens is 402 g/mol. The van der Waals surface area contributed by atoms with E-state index in [0.717, 1.165) is 6.08 Å². The Bertz CT molecular complexity index is 797. The van der Waals surface area contributed by atoms with Crippen molar-refractivity contribution >= 4 is 17.6 Å². The van der Waals surface area contributed by atoms with Crippen LogP contribution in [0.25, 0.3) is 5.32 Å². The molecular formula is C20H21ClF3LiNO3-. The maximum Gasteiger partial charge on any atom is 1.00 e. The van der Waals surface area contributed by atoms with Crippen molar-refractivity contribution in [3.05, 3.63) is 69.4 Å². The summed E-state index contributed by atoms with van der Waals surface area (Å²) in [6.45, 7) is 2.99. The van der Waals surface area contributed by atoms with Crippen molar-refractivity contribution in [1.82, 2.24) is 0 Å². The van der Waals surface area contributed by atoms with Gasteiger partial charge in [0.25, 0.3) is 0 Å². The Morgan fingerprint density at radius 3 is 2.59 bits per heavy atom. The third-order valence-corrected chi connectivity index (χ3v) is 4.88. The summed E-state index contributed by atoms with van der Waals surface area (Å²) in [5, 5.41) is 14.3. The van der Waals surface area contributed by atoms with Gasteiger partial charge in [-0.3, -0.25) is 4.79 Å². The van der Waals surface area contributed by atoms with E-state index in [0.29, 0.717) is 12.1 Å². The topological polar surface area (TPSA) is 60.6 Å². The van der Waals surface area contributed by atoms with Crippen LogP contribution in [0.4, 0.5) is 13.2 Å². The summed E-state index contributed by atoms with van der Waals surface area (Å²) in [5.74, 6) is -3.18. The molecule has 1 N–H and O–H groups in total. The van der Waals surface area contributed by atoms with Crippen molar-refractivity contribution in [2.75, 3.05) is 7.05 Å². The molecule has 2 aliphatic rings. The van der Waals surface area contributed by atoms with Gasteiger partial charge in [-0.25, -0.2) is 12.5 Å². The molecule has 0 aliphatic heterocycles. The monoisotopic (exact) mass is 422 g/mol. The van der Waals surface area contributed by atoms with E-state index in [2.05, 4.69) is 5.32 Å². The van der Waals surface area contributed by atoms with E-state index >= 15 is 0 Å². The number of aliphatic hydroxyl groups excluding tert-OH is 1. The molecule has 2 aliphatic carbocycles. The maximum atomic E-state index is 13.3. The minimum atomic E-state index is -4.54. The molecule has 2 unspecified atom stereocenters. The van der Waals surface area contributed by atoms with Crippen LogP contribution in [-0.2, 0) is 9.53 Å². The molecule has 0 bridgehead atoms. The van der Waals surface area contributed by atoms with Gasteiger partial charge < -0.3 is 20.9 Å². The quantitative estimate of drug-likeness (QED) is 0.421. The Morgan fingerprint density at radius 1 is 1.41 bits per heavy atom. The molecule has 0 aromatic heterocycles. The smallest absolute Gasteiger partial charge is 0.775 e. The van der Waals surface area contributed by atoms with Gasteiger partial charge in [-0.05, 0) is 36.5 Å². The van der Waals surface area contributed by atoms with Crippen LogP contribution in [0.15, 0.2) is 57.7 Å². The number of esters is 1. The number of halogens is 4. The number of carbonyl (C=O) groups excluding carboxylic acids is 1. The summed E-state index contributed by atoms with van der Waals surface area (Å²) >= 11 is 5.76. The summed E-state index contributed by atoms with van der Waals surface area (Å²) in [7, 11) is 1.57. The Morgan fingerprint density at radius 2 is 2.07 bits per heavy atom. The molecule has 9 heteroatoms. The van der Waals surface area contributed by atoms with Crippen LogP contribution in [0.5, 0.6) is 0 Å². The molecule has 0 aromatic carbocycles. The minimum absolute atomic E-state index is 0. The van der Waals surface area contributed by atoms with Crippen LogP contribution < -0.4 is 18.9 Å². The maximum absolute atomic E-state index is 13.3. The number of rotatable bonds is 5. The first-order valence-corrected chi connectivity index (χ1v) is 9.02. The van der Waals surface area contributed by atoms with Crippen LogP contribution in [0.2, 0.25) is 0 Å². The van der Waals surface area contributed by atoms with Gasteiger partial charge in [-0.1, -0.05) is 17.7 Å². The van der Waals surface area contributed by atoms with Crippen molar-refractivity contribution in [1.29, 1.82) is 0 Å². The second-order valence-corrected chi connectivity index (χ2v) is 6.84. The first-order valence-electron chi connectivity index (χ1n) is 8.64. The molecule has 2 atom stereocenters. The molecule has 0 saturated carbocycles. The average molecular weight is 423 g/mol. The fourth-order valence-corrected chi connectivity index (χ4v) is 3.51. The Balaban J connectivity index is 0.00000420. The van der Waals surface area contributed by atoms with Crippen LogP contribution in [0.3, 0.4) is 0 Å². The number of hydrogen-bond donors (Lipinski definition) is 1. The van der Waals surface area contributed by atoms with Gasteiger partial charge in [-0.15, -0.1) is 6.92 Å². The standard InChI is InChI=1S/C20H21ClF3NO3.Li/c1-4-5-16(25-3)13-7-9-17(27)18(19(13)28-11(2)26)12-6-8-15(21)14(10-12)20(22,23)24;/h4-6,8-9,13-14,27H,7,10H2,1-3H3;/q-2;+1/b16-5-;. The molecule has 0 fully saturated rings. The second-order valence-electron chi connectivity index (χ2n) is 6.40. The summed E-state index contributed by atoms with van der Waals surface area (Å²) in [6, 6.07) is 0. The van der Waals surface area contributed by atoms with Crippen molar-refractivity contribution in [3.8, 4) is 0 Å². The van der Waals surface area contributed by atoms with Gasteiger partial charge >= 0.3 is 31.0 Å². The molecule has 0 heterocycles. The number of alkyl halides is 3. The van der Waals surface area contributed by atoms with E-state index in [-0.39, 0.29) is 46.6 Å². The number of aliphatic hydroxyl groups is 1. The zero-order valence-corrected chi connectivity index (χ0v) is 17.4. The predicted molar refractivity (Wildman–Crippen MR) is 101 cm³/mol. The number of hydrogen-bond acceptors (Lipinski definition) is 3. The van der Waals surface area contributed by atoms with E-state index in [4.69, 9.17) is 16.3 Å². The Kier molecular flexibility index (Phi) is 9.07. The molecule has 4 nitrogen and oxygen atoms in total. The van der Waals surface area contributed by atoms with Gasteiger partial charge in [0.2, 0.25) is 0 Å². The molecule has 0 saturated heterocycles. The van der Waals surface area contributed by atoms with Gasteiger partial charge in [0.15, 0.2) is 0 Å². The fraction of sp³-hybridized carbons (Fsp3) is 0.400. The summed E-state index contributed by atoms with van der Waals surface area (Å²) in [6.07, 6.45) is 2.84. The fourth-order valence-electron chi connectivity index (χ4n) is 3.25. The number of allylic oxidation sites excluding steroid dienone is 6. The van der Waals surface area contributed by atoms with E-state index < -0.39 is 30.4 Å². The number of carbonyl (C=O) groups is 1. The second kappa shape index (κ2) is 10.4. The van der Waals surface area contributed by atoms with E-state index in [1.54, 1.807) is 26.5 Å². The van der Waals surface area contributed by atoms with E-state index in [9.17, 15) is 23.1 Å². The first kappa shape index (κ1) is 25.4. The van der Waals surface area contributed by atoms with Crippen LogP contribution in [0.1, 0.15) is 26.7 Å². The molecule has 0 radical (unpaired) electrons. The minimum Gasteiger partial charge on any atom is -0.775 e. The molecule has 29 heavy (non-hydrogen) atoms. The van der Waals surface area contributed by atoms with Crippen molar-refractivity contribution in [3.63, 3.8) is 0 Å². The van der Waals surface area contributed by atoms with Crippen molar-refractivity contribution in [2.45, 2.75) is 32.9 Å². The summed E-state index contributed by atoms with van der Waals surface area (Å²) in [4.78, 5) is 11.7. The summed E-state index contributed by atoms with van der Waals surface area (Å²) in [5.41, 5.74) is 0.849.